The Morgan fingerprint density at radius 3 is 2.58 bits per heavy atom. The molecule has 6 nitrogen and oxygen atoms in total. The third-order valence-electron chi connectivity index (χ3n) is 9.05. The lowest BCUT2D eigenvalue weighted by atomic mass is 9.65. The molecule has 226 valence electrons. The van der Waals surface area contributed by atoms with Crippen molar-refractivity contribution in [2.75, 3.05) is 44.2 Å². The first-order valence-corrected chi connectivity index (χ1v) is 16.8. The summed E-state index contributed by atoms with van der Waals surface area (Å²) in [6.07, 6.45) is 7.80. The number of piperazine rings is 1. The fraction of sp³-hybridized carbons (Fsp3) is 0.457. The van der Waals surface area contributed by atoms with E-state index in [9.17, 15) is 4.79 Å². The SMILES string of the molecule is CC1(C)CC2CC(C)(CN2C(=O)c2cccc(CSc3nc(Cl)cc(N4CCN(CC=Cc5ccccc5)CC4)n3)c2)C1. The highest BCUT2D eigenvalue weighted by atomic mass is 35.5. The second kappa shape index (κ2) is 12.6. The first-order valence-electron chi connectivity index (χ1n) is 15.4. The lowest BCUT2D eigenvalue weighted by Crippen LogP contribution is -2.46. The van der Waals surface area contributed by atoms with Crippen LogP contribution in [0.15, 0.2) is 71.9 Å². The zero-order valence-electron chi connectivity index (χ0n) is 25.5. The van der Waals surface area contributed by atoms with Crippen molar-refractivity contribution >= 4 is 41.2 Å². The van der Waals surface area contributed by atoms with Crippen LogP contribution >= 0.6 is 23.4 Å². The molecule has 2 bridgehead atoms. The number of likely N-dealkylation sites (tertiary alicyclic amines) is 1. The van der Waals surface area contributed by atoms with Crippen molar-refractivity contribution in [2.45, 2.75) is 57.0 Å². The number of hydrogen-bond acceptors (Lipinski definition) is 6. The summed E-state index contributed by atoms with van der Waals surface area (Å²) in [6, 6.07) is 20.7. The molecule has 1 aliphatic carbocycles. The highest BCUT2D eigenvalue weighted by Crippen LogP contribution is 2.52. The number of carbonyl (C=O) groups is 1. The van der Waals surface area contributed by atoms with Gasteiger partial charge in [-0.1, -0.05) is 98.8 Å². The predicted molar refractivity (Wildman–Crippen MR) is 178 cm³/mol. The number of hydrogen-bond donors (Lipinski definition) is 0. The van der Waals surface area contributed by atoms with E-state index in [2.05, 4.69) is 82.9 Å². The number of thioether (sulfide) groups is 1. The zero-order valence-corrected chi connectivity index (χ0v) is 27.1. The summed E-state index contributed by atoms with van der Waals surface area (Å²) in [5.41, 5.74) is 3.60. The standard InChI is InChI=1S/C35H42ClN5OS/c1-34(2)21-29-22-35(3,24-34)25-41(29)32(42)28-13-7-11-27(19-28)23-43-33-37-30(36)20-31(38-33)40-17-15-39(16-18-40)14-8-12-26-9-5-4-6-10-26/h4-13,19-20,29H,14-18,21-25H2,1-3H3. The number of halogens is 1. The number of carbonyl (C=O) groups excluding carboxylic acids is 1. The molecule has 43 heavy (non-hydrogen) atoms. The van der Waals surface area contributed by atoms with Crippen LogP contribution in [-0.2, 0) is 5.75 Å². The molecule has 3 aliphatic rings. The van der Waals surface area contributed by atoms with Crippen molar-refractivity contribution < 1.29 is 4.79 Å². The Labute approximate surface area is 265 Å². The van der Waals surface area contributed by atoms with Gasteiger partial charge in [-0.3, -0.25) is 9.69 Å². The van der Waals surface area contributed by atoms with Crippen molar-refractivity contribution in [3.8, 4) is 0 Å². The largest absolute Gasteiger partial charge is 0.354 e. The second-order valence-corrected chi connectivity index (χ2v) is 14.9. The topological polar surface area (TPSA) is 52.6 Å². The lowest BCUT2D eigenvalue weighted by molar-refractivity contribution is 0.0708. The fourth-order valence-electron chi connectivity index (χ4n) is 7.48. The molecule has 1 saturated carbocycles. The number of rotatable bonds is 8. The summed E-state index contributed by atoms with van der Waals surface area (Å²) in [4.78, 5) is 29.9. The molecule has 2 aliphatic heterocycles. The van der Waals surface area contributed by atoms with E-state index in [0.29, 0.717) is 22.1 Å². The summed E-state index contributed by atoms with van der Waals surface area (Å²) in [5, 5.41) is 1.12. The summed E-state index contributed by atoms with van der Waals surface area (Å²) in [6.45, 7) is 12.6. The van der Waals surface area contributed by atoms with E-state index >= 15 is 0 Å². The number of aromatic nitrogens is 2. The number of anilines is 1. The van der Waals surface area contributed by atoms with Gasteiger partial charge in [-0.25, -0.2) is 9.97 Å². The molecule has 8 heteroatoms. The van der Waals surface area contributed by atoms with Crippen LogP contribution in [0.25, 0.3) is 6.08 Å². The molecule has 2 unspecified atom stereocenters. The third kappa shape index (κ3) is 7.44. The molecule has 1 amide bonds. The Bertz CT molecular complexity index is 1470. The van der Waals surface area contributed by atoms with Crippen LogP contribution in [0.1, 0.15) is 61.5 Å². The summed E-state index contributed by atoms with van der Waals surface area (Å²) >= 11 is 8.03. The van der Waals surface area contributed by atoms with Crippen LogP contribution in [0.2, 0.25) is 5.15 Å². The van der Waals surface area contributed by atoms with Crippen molar-refractivity contribution in [3.63, 3.8) is 0 Å². The van der Waals surface area contributed by atoms with E-state index in [-0.39, 0.29) is 16.7 Å². The van der Waals surface area contributed by atoms with Crippen LogP contribution in [-0.4, -0.2) is 71.0 Å². The fourth-order valence-corrected chi connectivity index (χ4v) is 8.50. The average molecular weight is 616 g/mol. The zero-order chi connectivity index (χ0) is 30.0. The Kier molecular flexibility index (Phi) is 8.86. The van der Waals surface area contributed by atoms with Gasteiger partial charge in [0.2, 0.25) is 0 Å². The first kappa shape index (κ1) is 30.2. The van der Waals surface area contributed by atoms with Gasteiger partial charge in [0.25, 0.3) is 5.91 Å². The highest BCUT2D eigenvalue weighted by molar-refractivity contribution is 7.98. The summed E-state index contributed by atoms with van der Waals surface area (Å²) < 4.78 is 0. The average Bonchev–Trinajstić information content (AvgIpc) is 3.24. The van der Waals surface area contributed by atoms with Crippen molar-refractivity contribution in [1.29, 1.82) is 0 Å². The Morgan fingerprint density at radius 1 is 1.00 bits per heavy atom. The molecule has 0 N–H and O–H groups in total. The number of fused-ring (bicyclic) bond motifs is 2. The molecule has 0 radical (unpaired) electrons. The van der Waals surface area contributed by atoms with Crippen LogP contribution in [0.5, 0.6) is 0 Å². The van der Waals surface area contributed by atoms with Gasteiger partial charge in [0.15, 0.2) is 5.16 Å². The molecule has 2 atom stereocenters. The van der Waals surface area contributed by atoms with Crippen molar-refractivity contribution in [2.24, 2.45) is 10.8 Å². The maximum atomic E-state index is 13.6. The molecule has 0 spiro atoms. The van der Waals surface area contributed by atoms with Crippen LogP contribution in [0, 0.1) is 10.8 Å². The van der Waals surface area contributed by atoms with Crippen LogP contribution in [0.3, 0.4) is 0 Å². The minimum Gasteiger partial charge on any atom is -0.354 e. The van der Waals surface area contributed by atoms with Crippen molar-refractivity contribution in [1.82, 2.24) is 19.8 Å². The van der Waals surface area contributed by atoms with Crippen LogP contribution < -0.4 is 4.90 Å². The van der Waals surface area contributed by atoms with E-state index in [1.165, 1.54) is 12.0 Å². The molecule has 2 saturated heterocycles. The van der Waals surface area contributed by atoms with Gasteiger partial charge in [0, 0.05) is 62.7 Å². The maximum Gasteiger partial charge on any atom is 0.254 e. The quantitative estimate of drug-likeness (QED) is 0.151. The van der Waals surface area contributed by atoms with Gasteiger partial charge in [-0.05, 0) is 53.4 Å². The van der Waals surface area contributed by atoms with Crippen LogP contribution in [0.4, 0.5) is 5.82 Å². The Hall–Kier alpha value is -2.87. The monoisotopic (exact) mass is 615 g/mol. The molecule has 2 aromatic carbocycles. The van der Waals surface area contributed by atoms with Gasteiger partial charge in [0.1, 0.15) is 11.0 Å². The molecule has 3 aromatic rings. The lowest BCUT2D eigenvalue weighted by Gasteiger charge is -2.39. The Balaban J connectivity index is 1.04. The highest BCUT2D eigenvalue weighted by Gasteiger charge is 2.51. The van der Waals surface area contributed by atoms with E-state index < -0.39 is 0 Å². The second-order valence-electron chi connectivity index (χ2n) is 13.6. The predicted octanol–water partition coefficient (Wildman–Crippen LogP) is 7.30. The van der Waals surface area contributed by atoms with Gasteiger partial charge < -0.3 is 9.80 Å². The molecule has 1 aromatic heterocycles. The molecular weight excluding hydrogens is 574 g/mol. The minimum absolute atomic E-state index is 0.161. The molecule has 3 heterocycles. The van der Waals surface area contributed by atoms with E-state index in [0.717, 1.165) is 69.1 Å². The van der Waals surface area contributed by atoms with Gasteiger partial charge in [-0.15, -0.1) is 0 Å². The van der Waals surface area contributed by atoms with E-state index in [4.69, 9.17) is 16.6 Å². The van der Waals surface area contributed by atoms with E-state index in [1.54, 1.807) is 11.8 Å². The van der Waals surface area contributed by atoms with Gasteiger partial charge >= 0.3 is 0 Å². The summed E-state index contributed by atoms with van der Waals surface area (Å²) in [7, 11) is 0. The number of amides is 1. The smallest absolute Gasteiger partial charge is 0.254 e. The van der Waals surface area contributed by atoms with E-state index in [1.807, 2.05) is 30.3 Å². The first-order chi connectivity index (χ1) is 20.6. The van der Waals surface area contributed by atoms with Gasteiger partial charge in [-0.2, -0.15) is 0 Å². The number of benzene rings is 2. The maximum absolute atomic E-state index is 13.6. The molecular formula is C35H42ClN5OS. The number of nitrogens with zero attached hydrogens (tertiary/aromatic N) is 5. The molecule has 3 fully saturated rings. The Morgan fingerprint density at radius 2 is 1.79 bits per heavy atom. The molecule has 6 rings (SSSR count). The normalized spacial score (nSPS) is 23.7. The summed E-state index contributed by atoms with van der Waals surface area (Å²) in [5.74, 6) is 1.72. The minimum atomic E-state index is 0.161. The van der Waals surface area contributed by atoms with Crippen molar-refractivity contribution in [3.05, 3.63) is 88.6 Å². The third-order valence-corrected chi connectivity index (χ3v) is 10.2. The van der Waals surface area contributed by atoms with Gasteiger partial charge in [0.05, 0.1) is 0 Å².